The zero-order chi connectivity index (χ0) is 12.9. The van der Waals surface area contributed by atoms with Crippen LogP contribution in [0.15, 0.2) is 30.3 Å². The SMILES string of the molecule is Cl.NCC(=O)NC(Cc1ccccc1)C(F)(F)F. The van der Waals surface area contributed by atoms with E-state index in [1.54, 1.807) is 30.3 Å². The van der Waals surface area contributed by atoms with Crippen LogP contribution in [0.4, 0.5) is 13.2 Å². The summed E-state index contributed by atoms with van der Waals surface area (Å²) in [5.74, 6) is -0.816. The summed E-state index contributed by atoms with van der Waals surface area (Å²) in [6.07, 6.45) is -4.78. The highest BCUT2D eigenvalue weighted by Gasteiger charge is 2.40. The lowest BCUT2D eigenvalue weighted by molar-refractivity contribution is -0.161. The van der Waals surface area contributed by atoms with Gasteiger partial charge in [-0.25, -0.2) is 0 Å². The summed E-state index contributed by atoms with van der Waals surface area (Å²) in [7, 11) is 0. The van der Waals surface area contributed by atoms with Crippen LogP contribution < -0.4 is 11.1 Å². The molecule has 0 bridgehead atoms. The fourth-order valence-electron chi connectivity index (χ4n) is 1.35. The van der Waals surface area contributed by atoms with Gasteiger partial charge in [0.2, 0.25) is 5.91 Å². The van der Waals surface area contributed by atoms with Crippen LogP contribution in [0.3, 0.4) is 0 Å². The molecule has 0 fully saturated rings. The van der Waals surface area contributed by atoms with Crippen LogP contribution >= 0.6 is 12.4 Å². The Bertz CT molecular complexity index is 370. The molecule has 102 valence electrons. The van der Waals surface area contributed by atoms with E-state index >= 15 is 0 Å². The predicted molar refractivity (Wildman–Crippen MR) is 64.4 cm³/mol. The average molecular weight is 283 g/mol. The highest BCUT2D eigenvalue weighted by Crippen LogP contribution is 2.23. The summed E-state index contributed by atoms with van der Waals surface area (Å²) in [6, 6.07) is 6.26. The van der Waals surface area contributed by atoms with E-state index in [0.717, 1.165) is 0 Å². The number of hydrogen-bond donors (Lipinski definition) is 2. The maximum Gasteiger partial charge on any atom is 0.408 e. The molecule has 0 aliphatic rings. The number of carbonyl (C=O) groups excluding carboxylic acids is 1. The molecule has 1 rings (SSSR count). The van der Waals surface area contributed by atoms with Gasteiger partial charge in [0, 0.05) is 6.42 Å². The van der Waals surface area contributed by atoms with Crippen molar-refractivity contribution in [1.82, 2.24) is 5.32 Å². The fourth-order valence-corrected chi connectivity index (χ4v) is 1.35. The molecule has 0 spiro atoms. The second kappa shape index (κ2) is 7.23. The van der Waals surface area contributed by atoms with E-state index in [1.807, 2.05) is 5.32 Å². The van der Waals surface area contributed by atoms with Crippen LogP contribution in [0.25, 0.3) is 0 Å². The van der Waals surface area contributed by atoms with Gasteiger partial charge in [0.05, 0.1) is 6.54 Å². The first kappa shape index (κ1) is 16.7. The number of nitrogens with two attached hydrogens (primary N) is 1. The standard InChI is InChI=1S/C11H13F3N2O.ClH/c12-11(13,14)9(16-10(17)7-15)6-8-4-2-1-3-5-8;/h1-5,9H,6-7,15H2,(H,16,17);1H. The molecule has 0 saturated heterocycles. The molecule has 7 heteroatoms. The molecule has 0 radical (unpaired) electrons. The van der Waals surface area contributed by atoms with Crippen LogP contribution in [0.2, 0.25) is 0 Å². The van der Waals surface area contributed by atoms with Crippen LogP contribution in [0.1, 0.15) is 5.56 Å². The maximum atomic E-state index is 12.6. The van der Waals surface area contributed by atoms with Crippen molar-refractivity contribution in [1.29, 1.82) is 0 Å². The summed E-state index contributed by atoms with van der Waals surface area (Å²) >= 11 is 0. The Morgan fingerprint density at radius 2 is 1.83 bits per heavy atom. The smallest absolute Gasteiger partial charge is 0.343 e. The summed E-state index contributed by atoms with van der Waals surface area (Å²) in [5.41, 5.74) is 5.48. The zero-order valence-electron chi connectivity index (χ0n) is 9.41. The Kier molecular flexibility index (Phi) is 6.72. The van der Waals surface area contributed by atoms with Crippen LogP contribution in [0, 0.1) is 0 Å². The number of benzene rings is 1. The molecule has 1 aromatic carbocycles. The largest absolute Gasteiger partial charge is 0.408 e. The minimum atomic E-state index is -4.49. The third kappa shape index (κ3) is 5.37. The van der Waals surface area contributed by atoms with E-state index in [4.69, 9.17) is 5.73 Å². The number of alkyl halides is 3. The maximum absolute atomic E-state index is 12.6. The number of rotatable bonds is 4. The molecular formula is C11H14ClF3N2O. The predicted octanol–water partition coefficient (Wildman–Crippen LogP) is 1.66. The second-order valence-corrected chi connectivity index (χ2v) is 3.56. The third-order valence-electron chi connectivity index (χ3n) is 2.20. The summed E-state index contributed by atoms with van der Waals surface area (Å²) in [6.45, 7) is -0.457. The average Bonchev–Trinajstić information content (AvgIpc) is 2.28. The van der Waals surface area contributed by atoms with Crippen molar-refractivity contribution in [2.75, 3.05) is 6.54 Å². The Labute approximate surface area is 109 Å². The van der Waals surface area contributed by atoms with Crippen molar-refractivity contribution in [2.24, 2.45) is 5.73 Å². The van der Waals surface area contributed by atoms with Crippen molar-refractivity contribution in [3.63, 3.8) is 0 Å². The minimum Gasteiger partial charge on any atom is -0.343 e. The van der Waals surface area contributed by atoms with Crippen LogP contribution in [0.5, 0.6) is 0 Å². The quantitative estimate of drug-likeness (QED) is 0.882. The number of hydrogen-bond acceptors (Lipinski definition) is 2. The van der Waals surface area contributed by atoms with E-state index < -0.39 is 24.7 Å². The molecule has 1 amide bonds. The topological polar surface area (TPSA) is 55.1 Å². The molecule has 0 aliphatic heterocycles. The van der Waals surface area contributed by atoms with Gasteiger partial charge in [-0.1, -0.05) is 30.3 Å². The molecule has 1 unspecified atom stereocenters. The van der Waals surface area contributed by atoms with E-state index in [0.29, 0.717) is 5.56 Å². The molecule has 0 aliphatic carbocycles. The van der Waals surface area contributed by atoms with Gasteiger partial charge in [-0.2, -0.15) is 13.2 Å². The van der Waals surface area contributed by atoms with Crippen molar-refractivity contribution in [3.8, 4) is 0 Å². The van der Waals surface area contributed by atoms with Gasteiger partial charge in [-0.05, 0) is 5.56 Å². The Hall–Kier alpha value is -1.27. The molecule has 3 N–H and O–H groups in total. The summed E-state index contributed by atoms with van der Waals surface area (Å²) in [5, 5.41) is 1.87. The molecular weight excluding hydrogens is 269 g/mol. The lowest BCUT2D eigenvalue weighted by atomic mass is 10.1. The highest BCUT2D eigenvalue weighted by molar-refractivity contribution is 5.85. The zero-order valence-corrected chi connectivity index (χ0v) is 10.2. The number of amides is 1. The van der Waals surface area contributed by atoms with E-state index in [9.17, 15) is 18.0 Å². The van der Waals surface area contributed by atoms with Crippen molar-refractivity contribution in [3.05, 3.63) is 35.9 Å². The van der Waals surface area contributed by atoms with Gasteiger partial charge < -0.3 is 11.1 Å². The summed E-state index contributed by atoms with van der Waals surface area (Å²) < 4.78 is 37.9. The third-order valence-corrected chi connectivity index (χ3v) is 2.20. The second-order valence-electron chi connectivity index (χ2n) is 3.56. The minimum absolute atomic E-state index is 0. The van der Waals surface area contributed by atoms with Crippen molar-refractivity contribution >= 4 is 18.3 Å². The molecule has 18 heavy (non-hydrogen) atoms. The number of halogens is 4. The van der Waals surface area contributed by atoms with Crippen molar-refractivity contribution < 1.29 is 18.0 Å². The lowest BCUT2D eigenvalue weighted by Crippen LogP contribution is -2.48. The van der Waals surface area contributed by atoms with Gasteiger partial charge in [0.15, 0.2) is 0 Å². The highest BCUT2D eigenvalue weighted by atomic mass is 35.5. The van der Waals surface area contributed by atoms with Gasteiger partial charge >= 0.3 is 6.18 Å². The van der Waals surface area contributed by atoms with E-state index in [2.05, 4.69) is 0 Å². The Morgan fingerprint density at radius 3 is 2.28 bits per heavy atom. The van der Waals surface area contributed by atoms with E-state index in [-0.39, 0.29) is 18.8 Å². The number of nitrogens with one attached hydrogen (secondary N) is 1. The number of carbonyl (C=O) groups is 1. The van der Waals surface area contributed by atoms with Gasteiger partial charge in [0.1, 0.15) is 6.04 Å². The lowest BCUT2D eigenvalue weighted by Gasteiger charge is -2.21. The van der Waals surface area contributed by atoms with Crippen LogP contribution in [-0.4, -0.2) is 24.7 Å². The van der Waals surface area contributed by atoms with Crippen LogP contribution in [-0.2, 0) is 11.2 Å². The molecule has 0 heterocycles. The fraction of sp³-hybridized carbons (Fsp3) is 0.364. The molecule has 1 atom stereocenters. The molecule has 3 nitrogen and oxygen atoms in total. The Balaban J connectivity index is 0.00000289. The molecule has 0 saturated carbocycles. The monoisotopic (exact) mass is 282 g/mol. The van der Waals surface area contributed by atoms with E-state index in [1.165, 1.54) is 0 Å². The Morgan fingerprint density at radius 1 is 1.28 bits per heavy atom. The van der Waals surface area contributed by atoms with Crippen molar-refractivity contribution in [2.45, 2.75) is 18.6 Å². The molecule has 1 aromatic rings. The normalized spacial score (nSPS) is 12.4. The van der Waals surface area contributed by atoms with Gasteiger partial charge in [-0.3, -0.25) is 4.79 Å². The first-order valence-corrected chi connectivity index (χ1v) is 5.03. The van der Waals surface area contributed by atoms with Gasteiger partial charge in [-0.15, -0.1) is 12.4 Å². The summed E-state index contributed by atoms with van der Waals surface area (Å²) in [4.78, 5) is 10.9. The first-order valence-electron chi connectivity index (χ1n) is 5.03. The first-order chi connectivity index (χ1) is 7.93. The molecule has 0 aromatic heterocycles. The van der Waals surface area contributed by atoms with Gasteiger partial charge in [0.25, 0.3) is 0 Å².